The summed E-state index contributed by atoms with van der Waals surface area (Å²) in [4.78, 5) is 2.99. The van der Waals surface area contributed by atoms with Crippen LogP contribution in [0.15, 0.2) is 0 Å². The first-order valence-electron chi connectivity index (χ1n) is 8.95. The fourth-order valence-corrected chi connectivity index (χ4v) is 6.19. The molecule has 2 saturated heterocycles. The summed E-state index contributed by atoms with van der Waals surface area (Å²) < 4.78 is 0. The Morgan fingerprint density at radius 1 is 1.05 bits per heavy atom. The molecule has 0 aromatic heterocycles. The van der Waals surface area contributed by atoms with Gasteiger partial charge in [-0.25, -0.2) is 0 Å². The fourth-order valence-electron chi connectivity index (χ4n) is 4.93. The van der Waals surface area contributed by atoms with Crippen LogP contribution in [0.3, 0.4) is 0 Å². The van der Waals surface area contributed by atoms with E-state index in [-0.39, 0.29) is 0 Å². The van der Waals surface area contributed by atoms with Gasteiger partial charge < -0.3 is 5.32 Å². The summed E-state index contributed by atoms with van der Waals surface area (Å²) in [6.45, 7) is 5.82. The van der Waals surface area contributed by atoms with Crippen LogP contribution >= 0.6 is 11.8 Å². The lowest BCUT2D eigenvalue weighted by Gasteiger charge is -2.44. The van der Waals surface area contributed by atoms with Crippen molar-refractivity contribution in [2.75, 3.05) is 12.3 Å². The minimum absolute atomic E-state index is 0.808. The number of thioether (sulfide) groups is 1. The molecule has 2 nitrogen and oxygen atoms in total. The minimum atomic E-state index is 0.808. The second kappa shape index (κ2) is 7.02. The standard InChI is InChI=1S/C17H32N2S/c1-3-10-18-13-11-14-8-9-15(12-13)19(14)16-6-5-7-17(16)20-4-2/h13-18H,3-12H2,1-2H3. The smallest absolute Gasteiger partial charge is 0.0220 e. The third-order valence-electron chi connectivity index (χ3n) is 5.65. The van der Waals surface area contributed by atoms with Crippen LogP contribution in [0.1, 0.15) is 65.2 Å². The van der Waals surface area contributed by atoms with Crippen molar-refractivity contribution in [2.24, 2.45) is 0 Å². The Labute approximate surface area is 129 Å². The molecular formula is C17H32N2S. The molecule has 4 unspecified atom stereocenters. The SMILES string of the molecule is CCCNC1CC2CCC(C1)N2C1CCCC1SCC. The summed E-state index contributed by atoms with van der Waals surface area (Å²) >= 11 is 2.23. The van der Waals surface area contributed by atoms with Crippen molar-refractivity contribution >= 4 is 11.8 Å². The topological polar surface area (TPSA) is 15.3 Å². The van der Waals surface area contributed by atoms with Crippen LogP contribution in [0.4, 0.5) is 0 Å². The van der Waals surface area contributed by atoms with E-state index >= 15 is 0 Å². The van der Waals surface area contributed by atoms with Gasteiger partial charge in [0.25, 0.3) is 0 Å². The minimum Gasteiger partial charge on any atom is -0.314 e. The Morgan fingerprint density at radius 2 is 1.80 bits per heavy atom. The van der Waals surface area contributed by atoms with E-state index < -0.39 is 0 Å². The third kappa shape index (κ3) is 3.05. The van der Waals surface area contributed by atoms with Crippen molar-refractivity contribution in [1.29, 1.82) is 0 Å². The molecular weight excluding hydrogens is 264 g/mol. The molecule has 3 aliphatic rings. The fraction of sp³-hybridized carbons (Fsp3) is 1.00. The van der Waals surface area contributed by atoms with E-state index in [9.17, 15) is 0 Å². The number of nitrogens with one attached hydrogen (secondary N) is 1. The van der Waals surface area contributed by atoms with E-state index in [4.69, 9.17) is 0 Å². The van der Waals surface area contributed by atoms with Gasteiger partial charge in [0.1, 0.15) is 0 Å². The van der Waals surface area contributed by atoms with E-state index in [1.807, 2.05) is 0 Å². The Hall–Kier alpha value is 0.270. The highest BCUT2D eigenvalue weighted by atomic mass is 32.2. The number of rotatable bonds is 6. The number of hydrogen-bond donors (Lipinski definition) is 1. The number of piperidine rings is 1. The maximum Gasteiger partial charge on any atom is 0.0220 e. The van der Waals surface area contributed by atoms with Crippen LogP contribution in [-0.2, 0) is 0 Å². The second-order valence-corrected chi connectivity index (χ2v) is 8.46. The molecule has 3 fully saturated rings. The first-order chi connectivity index (χ1) is 9.83. The van der Waals surface area contributed by atoms with Crippen molar-refractivity contribution in [3.63, 3.8) is 0 Å². The van der Waals surface area contributed by atoms with Gasteiger partial charge in [0, 0.05) is 29.4 Å². The highest BCUT2D eigenvalue weighted by Crippen LogP contribution is 2.43. The highest BCUT2D eigenvalue weighted by Gasteiger charge is 2.46. The van der Waals surface area contributed by atoms with Crippen LogP contribution in [-0.4, -0.2) is 46.6 Å². The van der Waals surface area contributed by atoms with E-state index in [1.165, 1.54) is 63.7 Å². The lowest BCUT2D eigenvalue weighted by molar-refractivity contribution is 0.0744. The molecule has 1 aliphatic carbocycles. The van der Waals surface area contributed by atoms with Gasteiger partial charge in [0.2, 0.25) is 0 Å². The summed E-state index contributed by atoms with van der Waals surface area (Å²) in [6.07, 6.45) is 11.4. The molecule has 1 N–H and O–H groups in total. The number of hydrogen-bond acceptors (Lipinski definition) is 3. The van der Waals surface area contributed by atoms with Crippen LogP contribution in [0.2, 0.25) is 0 Å². The Kier molecular flexibility index (Phi) is 5.33. The van der Waals surface area contributed by atoms with Crippen molar-refractivity contribution in [1.82, 2.24) is 10.2 Å². The van der Waals surface area contributed by atoms with Crippen LogP contribution in [0, 0.1) is 0 Å². The predicted molar refractivity (Wildman–Crippen MR) is 89.5 cm³/mol. The molecule has 20 heavy (non-hydrogen) atoms. The zero-order valence-electron chi connectivity index (χ0n) is 13.3. The molecule has 2 heterocycles. The molecule has 2 bridgehead atoms. The van der Waals surface area contributed by atoms with Gasteiger partial charge in [-0.15, -0.1) is 0 Å². The van der Waals surface area contributed by atoms with E-state index in [2.05, 4.69) is 35.8 Å². The summed E-state index contributed by atoms with van der Waals surface area (Å²) in [5.74, 6) is 1.30. The molecule has 1 saturated carbocycles. The Bertz CT molecular complexity index is 295. The molecule has 3 rings (SSSR count). The van der Waals surface area contributed by atoms with E-state index in [1.54, 1.807) is 0 Å². The lowest BCUT2D eigenvalue weighted by Crippen LogP contribution is -2.54. The van der Waals surface area contributed by atoms with Gasteiger partial charge in [-0.1, -0.05) is 20.3 Å². The van der Waals surface area contributed by atoms with Gasteiger partial charge in [-0.3, -0.25) is 4.90 Å². The molecule has 0 radical (unpaired) electrons. The van der Waals surface area contributed by atoms with E-state index in [0.29, 0.717) is 0 Å². The molecule has 4 atom stereocenters. The maximum atomic E-state index is 3.79. The largest absolute Gasteiger partial charge is 0.314 e. The zero-order valence-corrected chi connectivity index (χ0v) is 14.1. The first kappa shape index (κ1) is 15.2. The summed E-state index contributed by atoms with van der Waals surface area (Å²) in [7, 11) is 0. The zero-order chi connectivity index (χ0) is 13.9. The van der Waals surface area contributed by atoms with Gasteiger partial charge in [-0.2, -0.15) is 11.8 Å². The monoisotopic (exact) mass is 296 g/mol. The Balaban J connectivity index is 1.61. The number of fused-ring (bicyclic) bond motifs is 2. The molecule has 116 valence electrons. The van der Waals surface area contributed by atoms with Gasteiger partial charge in [0.15, 0.2) is 0 Å². The normalized spacial score (nSPS) is 41.4. The molecule has 2 aliphatic heterocycles. The average molecular weight is 297 g/mol. The predicted octanol–water partition coefficient (Wildman–Crippen LogP) is 3.66. The van der Waals surface area contributed by atoms with Gasteiger partial charge in [0.05, 0.1) is 0 Å². The summed E-state index contributed by atoms with van der Waals surface area (Å²) in [6, 6.07) is 3.50. The van der Waals surface area contributed by atoms with E-state index in [0.717, 1.165) is 29.4 Å². The first-order valence-corrected chi connectivity index (χ1v) is 10.0. The second-order valence-electron chi connectivity index (χ2n) is 6.95. The quantitative estimate of drug-likeness (QED) is 0.805. The van der Waals surface area contributed by atoms with Crippen LogP contribution in [0.5, 0.6) is 0 Å². The van der Waals surface area contributed by atoms with Crippen molar-refractivity contribution in [2.45, 2.75) is 94.6 Å². The maximum absolute atomic E-state index is 3.79. The van der Waals surface area contributed by atoms with Gasteiger partial charge in [-0.05, 0) is 57.2 Å². The van der Waals surface area contributed by atoms with Crippen molar-refractivity contribution < 1.29 is 0 Å². The molecule has 0 aromatic carbocycles. The molecule has 0 aromatic rings. The summed E-state index contributed by atoms with van der Waals surface area (Å²) in [5.41, 5.74) is 0. The highest BCUT2D eigenvalue weighted by molar-refractivity contribution is 7.99. The number of nitrogens with zero attached hydrogens (tertiary/aromatic N) is 1. The lowest BCUT2D eigenvalue weighted by atomic mass is 9.94. The van der Waals surface area contributed by atoms with Crippen molar-refractivity contribution in [3.05, 3.63) is 0 Å². The van der Waals surface area contributed by atoms with Crippen molar-refractivity contribution in [3.8, 4) is 0 Å². The molecule has 3 heteroatoms. The van der Waals surface area contributed by atoms with Crippen LogP contribution < -0.4 is 5.32 Å². The van der Waals surface area contributed by atoms with Gasteiger partial charge >= 0.3 is 0 Å². The average Bonchev–Trinajstić information content (AvgIpc) is 2.99. The molecule has 0 spiro atoms. The van der Waals surface area contributed by atoms with Crippen LogP contribution in [0.25, 0.3) is 0 Å². The molecule has 0 amide bonds. The Morgan fingerprint density at radius 3 is 2.45 bits per heavy atom. The third-order valence-corrected chi connectivity index (χ3v) is 6.97. The summed E-state index contributed by atoms with van der Waals surface area (Å²) in [5, 5.41) is 4.72.